The summed E-state index contributed by atoms with van der Waals surface area (Å²) in [5, 5.41) is 5.46. The van der Waals surface area contributed by atoms with E-state index >= 15 is 0 Å². The van der Waals surface area contributed by atoms with Crippen LogP contribution in [0.4, 0.5) is 0 Å². The maximum Gasteiger partial charge on any atom is 0.266 e. The van der Waals surface area contributed by atoms with Crippen molar-refractivity contribution in [2.24, 2.45) is 0 Å². The average molecular weight is 611 g/mol. The van der Waals surface area contributed by atoms with Gasteiger partial charge in [0, 0.05) is 39.0 Å². The molecular formula is C28H26N4O4S4. The molecule has 0 aromatic heterocycles. The number of hydrogen-bond acceptors (Lipinski definition) is 8. The Morgan fingerprint density at radius 3 is 1.43 bits per heavy atom. The smallest absolute Gasteiger partial charge is 0.266 e. The minimum atomic E-state index is -0.252. The maximum absolute atomic E-state index is 12.7. The Labute approximate surface area is 251 Å². The fourth-order valence-corrected chi connectivity index (χ4v) is 6.41. The van der Waals surface area contributed by atoms with Crippen LogP contribution in [-0.4, -0.2) is 68.2 Å². The lowest BCUT2D eigenvalue weighted by molar-refractivity contribution is -0.126. The van der Waals surface area contributed by atoms with E-state index in [9.17, 15) is 19.2 Å². The number of rotatable bonds is 11. The zero-order valence-electron chi connectivity index (χ0n) is 21.3. The van der Waals surface area contributed by atoms with Crippen molar-refractivity contribution in [3.8, 4) is 0 Å². The Kier molecular flexibility index (Phi) is 10.6. The van der Waals surface area contributed by atoms with Crippen LogP contribution in [0.2, 0.25) is 0 Å². The normalized spacial score (nSPS) is 17.3. The number of carbonyl (C=O) groups is 4. The minimum absolute atomic E-state index is 0.0873. The van der Waals surface area contributed by atoms with Crippen LogP contribution in [0.1, 0.15) is 24.0 Å². The third-order valence-corrected chi connectivity index (χ3v) is 8.59. The quantitative estimate of drug-likeness (QED) is 0.225. The first-order valence-corrected chi connectivity index (χ1v) is 14.9. The van der Waals surface area contributed by atoms with Crippen molar-refractivity contribution < 1.29 is 19.2 Å². The molecule has 8 nitrogen and oxygen atoms in total. The summed E-state index contributed by atoms with van der Waals surface area (Å²) in [5.41, 5.74) is 1.81. The summed E-state index contributed by atoms with van der Waals surface area (Å²) in [7, 11) is 0. The lowest BCUT2D eigenvalue weighted by atomic mass is 10.2. The minimum Gasteiger partial charge on any atom is -0.354 e. The van der Waals surface area contributed by atoms with Crippen molar-refractivity contribution in [1.29, 1.82) is 0 Å². The van der Waals surface area contributed by atoms with Gasteiger partial charge in [0.15, 0.2) is 0 Å². The van der Waals surface area contributed by atoms with E-state index in [1.807, 2.05) is 60.7 Å². The zero-order chi connectivity index (χ0) is 28.5. The SMILES string of the molecule is O=C(CCN1C(=O)/C(=C/c2ccccc2)SC1=S)NCCNC(=O)CCN1C(=O)/C(=C/c2ccccc2)SC1=S. The molecule has 2 aromatic carbocycles. The number of thiocarbonyl (C=S) groups is 2. The second-order valence-corrected chi connectivity index (χ2v) is 12.0. The highest BCUT2D eigenvalue weighted by Gasteiger charge is 2.33. The van der Waals surface area contributed by atoms with Crippen LogP contribution in [0, 0.1) is 0 Å². The molecule has 2 N–H and O–H groups in total. The molecule has 2 aliphatic rings. The Morgan fingerprint density at radius 1 is 0.675 bits per heavy atom. The number of hydrogen-bond donors (Lipinski definition) is 2. The molecule has 40 heavy (non-hydrogen) atoms. The van der Waals surface area contributed by atoms with Gasteiger partial charge < -0.3 is 10.6 Å². The molecule has 0 atom stereocenters. The summed E-state index contributed by atoms with van der Waals surface area (Å²) in [4.78, 5) is 53.9. The second-order valence-electron chi connectivity index (χ2n) is 8.69. The van der Waals surface area contributed by atoms with Crippen molar-refractivity contribution in [3.63, 3.8) is 0 Å². The van der Waals surface area contributed by atoms with Gasteiger partial charge in [-0.25, -0.2) is 0 Å². The maximum atomic E-state index is 12.7. The van der Waals surface area contributed by atoms with E-state index in [4.69, 9.17) is 24.4 Å². The van der Waals surface area contributed by atoms with E-state index in [2.05, 4.69) is 10.6 Å². The van der Waals surface area contributed by atoms with Crippen molar-refractivity contribution in [1.82, 2.24) is 20.4 Å². The van der Waals surface area contributed by atoms with Gasteiger partial charge in [0.25, 0.3) is 11.8 Å². The monoisotopic (exact) mass is 610 g/mol. The van der Waals surface area contributed by atoms with Crippen LogP contribution in [0.5, 0.6) is 0 Å². The van der Waals surface area contributed by atoms with Crippen LogP contribution < -0.4 is 10.6 Å². The summed E-state index contributed by atoms with van der Waals surface area (Å²) < 4.78 is 0.841. The van der Waals surface area contributed by atoms with E-state index < -0.39 is 0 Å². The molecule has 2 aromatic rings. The second kappa shape index (κ2) is 14.4. The zero-order valence-corrected chi connectivity index (χ0v) is 24.6. The Hall–Kier alpha value is -3.32. The van der Waals surface area contributed by atoms with Crippen LogP contribution in [0.3, 0.4) is 0 Å². The molecule has 2 saturated heterocycles. The Bertz CT molecular complexity index is 1270. The van der Waals surface area contributed by atoms with Crippen LogP contribution in [0.15, 0.2) is 70.5 Å². The third-order valence-electron chi connectivity index (χ3n) is 5.84. The standard InChI is InChI=1S/C28H26N4O4S4/c33-23(11-15-31-25(35)21(39-27(31)37)17-19-7-3-1-4-8-19)29-13-14-30-24(34)12-16-32-26(36)22(40-28(32)38)18-20-9-5-2-6-10-20/h1-10,17-18H,11-16H2,(H,29,33)(H,30,34)/b21-17-,22-18-. The first-order chi connectivity index (χ1) is 19.3. The van der Waals surface area contributed by atoms with Gasteiger partial charge in [-0.3, -0.25) is 29.0 Å². The predicted octanol–water partition coefficient (Wildman–Crippen LogP) is 3.80. The number of thioether (sulfide) groups is 2. The van der Waals surface area contributed by atoms with Crippen molar-refractivity contribution in [2.45, 2.75) is 12.8 Å². The number of nitrogens with zero attached hydrogens (tertiary/aromatic N) is 2. The molecule has 4 amide bonds. The molecule has 206 valence electrons. The van der Waals surface area contributed by atoms with Gasteiger partial charge in [0.2, 0.25) is 11.8 Å². The molecule has 12 heteroatoms. The van der Waals surface area contributed by atoms with Gasteiger partial charge in [-0.05, 0) is 23.3 Å². The molecule has 0 saturated carbocycles. The lowest BCUT2D eigenvalue weighted by Gasteiger charge is -2.15. The van der Waals surface area contributed by atoms with E-state index in [1.165, 1.54) is 33.3 Å². The van der Waals surface area contributed by atoms with Crippen LogP contribution in [0.25, 0.3) is 12.2 Å². The number of nitrogens with one attached hydrogen (secondary N) is 2. The Morgan fingerprint density at radius 2 is 1.05 bits per heavy atom. The summed E-state index contributed by atoms with van der Waals surface area (Å²) in [5.74, 6) is -0.928. The molecule has 4 rings (SSSR count). The molecule has 0 unspecified atom stereocenters. The summed E-state index contributed by atoms with van der Waals surface area (Å²) in [6.07, 6.45) is 3.75. The summed E-state index contributed by atoms with van der Waals surface area (Å²) in [6.45, 7) is 0.824. The molecule has 0 spiro atoms. The van der Waals surface area contributed by atoms with E-state index in [1.54, 1.807) is 12.2 Å². The van der Waals surface area contributed by atoms with Gasteiger partial charge in [-0.2, -0.15) is 0 Å². The number of amides is 4. The van der Waals surface area contributed by atoms with Crippen LogP contribution >= 0.6 is 48.0 Å². The lowest BCUT2D eigenvalue weighted by Crippen LogP contribution is -2.38. The highest BCUT2D eigenvalue weighted by atomic mass is 32.2. The predicted molar refractivity (Wildman–Crippen MR) is 168 cm³/mol. The molecular weight excluding hydrogens is 585 g/mol. The Balaban J connectivity index is 1.13. The van der Waals surface area contributed by atoms with Crippen molar-refractivity contribution >= 4 is 92.4 Å². The molecule has 0 radical (unpaired) electrons. The van der Waals surface area contributed by atoms with Gasteiger partial charge >= 0.3 is 0 Å². The van der Waals surface area contributed by atoms with E-state index in [0.29, 0.717) is 18.5 Å². The topological polar surface area (TPSA) is 98.8 Å². The molecule has 2 heterocycles. The van der Waals surface area contributed by atoms with Gasteiger partial charge in [-0.1, -0.05) is 109 Å². The molecule has 2 aliphatic heterocycles. The molecule has 0 bridgehead atoms. The van der Waals surface area contributed by atoms with Crippen molar-refractivity contribution in [2.75, 3.05) is 26.2 Å². The van der Waals surface area contributed by atoms with E-state index in [-0.39, 0.29) is 62.6 Å². The largest absolute Gasteiger partial charge is 0.354 e. The van der Waals surface area contributed by atoms with Gasteiger partial charge in [0.05, 0.1) is 9.81 Å². The highest BCUT2D eigenvalue weighted by Crippen LogP contribution is 2.33. The summed E-state index contributed by atoms with van der Waals surface area (Å²) >= 11 is 13.1. The highest BCUT2D eigenvalue weighted by molar-refractivity contribution is 8.27. The fourth-order valence-electron chi connectivity index (χ4n) is 3.79. The van der Waals surface area contributed by atoms with Gasteiger partial charge in [-0.15, -0.1) is 0 Å². The van der Waals surface area contributed by atoms with Crippen molar-refractivity contribution in [3.05, 3.63) is 81.6 Å². The number of benzene rings is 2. The molecule has 0 aliphatic carbocycles. The van der Waals surface area contributed by atoms with E-state index in [0.717, 1.165) is 11.1 Å². The summed E-state index contributed by atoms with van der Waals surface area (Å²) in [6, 6.07) is 19.0. The third kappa shape index (κ3) is 8.10. The van der Waals surface area contributed by atoms with Crippen LogP contribution in [-0.2, 0) is 19.2 Å². The first kappa shape index (κ1) is 29.7. The van der Waals surface area contributed by atoms with Gasteiger partial charge in [0.1, 0.15) is 8.64 Å². The average Bonchev–Trinajstić information content (AvgIpc) is 3.37. The first-order valence-electron chi connectivity index (χ1n) is 12.5. The molecule has 2 fully saturated rings. The fraction of sp³-hybridized carbons (Fsp3) is 0.214. The number of carbonyl (C=O) groups excluding carboxylic acids is 4.